The molecule has 0 aliphatic carbocycles. The third-order valence-electron chi connectivity index (χ3n) is 5.64. The predicted molar refractivity (Wildman–Crippen MR) is 118 cm³/mol. The van der Waals surface area contributed by atoms with Gasteiger partial charge in [0.05, 0.1) is 6.54 Å². The molecule has 3 aromatic carbocycles. The van der Waals surface area contributed by atoms with E-state index in [9.17, 15) is 9.59 Å². The number of aryl methyl sites for hydroxylation is 1. The average molecular weight is 411 g/mol. The highest BCUT2D eigenvalue weighted by Gasteiger charge is 2.34. The van der Waals surface area contributed by atoms with Gasteiger partial charge in [0.1, 0.15) is 0 Å². The lowest BCUT2D eigenvalue weighted by atomic mass is 9.91. The van der Waals surface area contributed by atoms with Gasteiger partial charge >= 0.3 is 0 Å². The fourth-order valence-electron chi connectivity index (χ4n) is 3.92. The molecule has 5 nitrogen and oxygen atoms in total. The number of ether oxygens (including phenoxy) is 2. The van der Waals surface area contributed by atoms with Crippen LogP contribution in [0.5, 0.6) is 11.5 Å². The molecule has 0 spiro atoms. The fraction of sp³-hybridized carbons (Fsp3) is 0.154. The van der Waals surface area contributed by atoms with Crippen LogP contribution < -0.4 is 9.47 Å². The number of carbonyl (C=O) groups is 2. The Morgan fingerprint density at radius 1 is 0.839 bits per heavy atom. The third kappa shape index (κ3) is 3.48. The summed E-state index contributed by atoms with van der Waals surface area (Å²) in [5, 5.41) is 0. The minimum Gasteiger partial charge on any atom is -0.454 e. The molecule has 31 heavy (non-hydrogen) atoms. The van der Waals surface area contributed by atoms with Crippen molar-refractivity contribution >= 4 is 23.5 Å². The Balaban J connectivity index is 1.53. The van der Waals surface area contributed by atoms with Gasteiger partial charge in [0.15, 0.2) is 11.5 Å². The Morgan fingerprint density at radius 2 is 1.55 bits per heavy atom. The minimum atomic E-state index is -0.305. The topological polar surface area (TPSA) is 55.8 Å². The summed E-state index contributed by atoms with van der Waals surface area (Å²) >= 11 is 0. The number of carbonyl (C=O) groups excluding carboxylic acids is 2. The summed E-state index contributed by atoms with van der Waals surface area (Å²) in [7, 11) is 0. The maximum Gasteiger partial charge on any atom is 0.261 e. The van der Waals surface area contributed by atoms with Crippen LogP contribution in [-0.2, 0) is 17.8 Å². The second kappa shape index (κ2) is 7.76. The van der Waals surface area contributed by atoms with Crippen LogP contribution in [0.3, 0.4) is 0 Å². The van der Waals surface area contributed by atoms with E-state index in [1.165, 1.54) is 10.5 Å². The van der Waals surface area contributed by atoms with Crippen molar-refractivity contribution in [3.8, 4) is 11.5 Å². The lowest BCUT2D eigenvalue weighted by Gasteiger charge is -2.29. The first-order valence-electron chi connectivity index (χ1n) is 10.3. The van der Waals surface area contributed by atoms with Gasteiger partial charge < -0.3 is 9.47 Å². The van der Waals surface area contributed by atoms with Gasteiger partial charge in [0, 0.05) is 11.1 Å². The van der Waals surface area contributed by atoms with E-state index in [0.717, 1.165) is 17.5 Å². The molecule has 0 fully saturated rings. The van der Waals surface area contributed by atoms with Crippen molar-refractivity contribution in [1.82, 2.24) is 4.90 Å². The van der Waals surface area contributed by atoms with Gasteiger partial charge in [-0.3, -0.25) is 14.5 Å². The maximum atomic E-state index is 13.4. The second-order valence-corrected chi connectivity index (χ2v) is 7.58. The van der Waals surface area contributed by atoms with E-state index in [4.69, 9.17) is 9.47 Å². The van der Waals surface area contributed by atoms with Crippen molar-refractivity contribution in [1.29, 1.82) is 0 Å². The smallest absolute Gasteiger partial charge is 0.261 e. The Bertz CT molecular complexity index is 1210. The summed E-state index contributed by atoms with van der Waals surface area (Å²) in [4.78, 5) is 27.9. The van der Waals surface area contributed by atoms with Crippen LogP contribution in [0.4, 0.5) is 0 Å². The third-order valence-corrected chi connectivity index (χ3v) is 5.64. The van der Waals surface area contributed by atoms with E-state index in [0.29, 0.717) is 28.2 Å². The lowest BCUT2D eigenvalue weighted by molar-refractivity contribution is -0.123. The molecule has 3 aromatic rings. The number of rotatable bonds is 4. The molecular formula is C26H21NO4. The Morgan fingerprint density at radius 3 is 2.32 bits per heavy atom. The highest BCUT2D eigenvalue weighted by atomic mass is 16.7. The largest absolute Gasteiger partial charge is 0.454 e. The molecule has 154 valence electrons. The SMILES string of the molecule is CCc1ccc(C=C2C(=O)N(Cc3ccc4c(c3)OCO4)C(=O)c3ccccc32)cc1. The van der Waals surface area contributed by atoms with E-state index in [1.807, 2.05) is 48.5 Å². The molecule has 2 aliphatic heterocycles. The lowest BCUT2D eigenvalue weighted by Crippen LogP contribution is -2.41. The summed E-state index contributed by atoms with van der Waals surface area (Å²) in [5.41, 5.74) is 4.67. The molecule has 0 radical (unpaired) electrons. The number of hydrogen-bond acceptors (Lipinski definition) is 4. The second-order valence-electron chi connectivity index (χ2n) is 7.58. The quantitative estimate of drug-likeness (QED) is 0.461. The Kier molecular flexibility index (Phi) is 4.79. The van der Waals surface area contributed by atoms with Crippen molar-refractivity contribution in [2.24, 2.45) is 0 Å². The minimum absolute atomic E-state index is 0.161. The van der Waals surface area contributed by atoms with E-state index in [-0.39, 0.29) is 25.2 Å². The summed E-state index contributed by atoms with van der Waals surface area (Å²) in [5.74, 6) is 0.695. The van der Waals surface area contributed by atoms with Gasteiger partial charge in [-0.1, -0.05) is 55.5 Å². The molecular weight excluding hydrogens is 390 g/mol. The zero-order chi connectivity index (χ0) is 21.4. The zero-order valence-electron chi connectivity index (χ0n) is 17.1. The van der Waals surface area contributed by atoms with E-state index in [1.54, 1.807) is 12.1 Å². The highest BCUT2D eigenvalue weighted by Crippen LogP contribution is 2.35. The average Bonchev–Trinajstić information content (AvgIpc) is 3.28. The first-order valence-corrected chi connectivity index (χ1v) is 10.3. The Labute approximate surface area is 180 Å². The summed E-state index contributed by atoms with van der Waals surface area (Å²) in [6, 6.07) is 20.8. The van der Waals surface area contributed by atoms with Crippen LogP contribution in [0.15, 0.2) is 66.7 Å². The van der Waals surface area contributed by atoms with Gasteiger partial charge in [-0.2, -0.15) is 0 Å². The normalized spacial score (nSPS) is 16.0. The van der Waals surface area contributed by atoms with E-state index in [2.05, 4.69) is 19.1 Å². The number of hydrogen-bond donors (Lipinski definition) is 0. The molecule has 2 aliphatic rings. The molecule has 0 unspecified atom stereocenters. The van der Waals surface area contributed by atoms with Gasteiger partial charge in [-0.15, -0.1) is 0 Å². The molecule has 0 saturated heterocycles. The fourth-order valence-corrected chi connectivity index (χ4v) is 3.92. The number of nitrogens with zero attached hydrogens (tertiary/aromatic N) is 1. The summed E-state index contributed by atoms with van der Waals surface area (Å²) in [6.07, 6.45) is 2.82. The monoisotopic (exact) mass is 411 g/mol. The van der Waals surface area contributed by atoms with Crippen molar-refractivity contribution in [3.05, 3.63) is 94.5 Å². The summed E-state index contributed by atoms with van der Waals surface area (Å²) < 4.78 is 10.8. The predicted octanol–water partition coefficient (Wildman–Crippen LogP) is 4.70. The molecule has 0 aromatic heterocycles. The number of imide groups is 1. The van der Waals surface area contributed by atoms with Gasteiger partial charge in [0.25, 0.3) is 11.8 Å². The zero-order valence-corrected chi connectivity index (χ0v) is 17.1. The number of fused-ring (bicyclic) bond motifs is 2. The van der Waals surface area contributed by atoms with Crippen molar-refractivity contribution in [3.63, 3.8) is 0 Å². The molecule has 0 bridgehead atoms. The highest BCUT2D eigenvalue weighted by molar-refractivity contribution is 6.33. The van der Waals surface area contributed by atoms with Crippen molar-refractivity contribution in [2.75, 3.05) is 6.79 Å². The molecule has 0 atom stereocenters. The van der Waals surface area contributed by atoms with Crippen LogP contribution in [0, 0.1) is 0 Å². The molecule has 2 amide bonds. The van der Waals surface area contributed by atoms with Crippen LogP contribution in [0.2, 0.25) is 0 Å². The van der Waals surface area contributed by atoms with E-state index >= 15 is 0 Å². The van der Waals surface area contributed by atoms with Crippen LogP contribution in [0.25, 0.3) is 11.6 Å². The van der Waals surface area contributed by atoms with Gasteiger partial charge in [-0.25, -0.2) is 0 Å². The van der Waals surface area contributed by atoms with Crippen LogP contribution >= 0.6 is 0 Å². The standard InChI is InChI=1S/C26H21NO4/c1-2-17-7-9-18(10-8-17)13-22-20-5-3-4-6-21(20)25(28)27(26(22)29)15-19-11-12-23-24(14-19)31-16-30-23/h3-14H,2,15-16H2,1H3. The van der Waals surface area contributed by atoms with Crippen molar-refractivity contribution < 1.29 is 19.1 Å². The van der Waals surface area contributed by atoms with Gasteiger partial charge in [0.2, 0.25) is 6.79 Å². The number of amides is 2. The van der Waals surface area contributed by atoms with Gasteiger partial charge in [-0.05, 0) is 52.9 Å². The van der Waals surface area contributed by atoms with Crippen molar-refractivity contribution in [2.45, 2.75) is 19.9 Å². The molecule has 5 rings (SSSR count). The Hall–Kier alpha value is -3.86. The maximum absolute atomic E-state index is 13.4. The summed E-state index contributed by atoms with van der Waals surface area (Å²) in [6.45, 7) is 2.44. The first-order chi connectivity index (χ1) is 15.1. The first kappa shape index (κ1) is 19.1. The number of benzene rings is 3. The van der Waals surface area contributed by atoms with Crippen LogP contribution in [-0.4, -0.2) is 23.5 Å². The molecule has 0 saturated carbocycles. The van der Waals surface area contributed by atoms with E-state index < -0.39 is 0 Å². The van der Waals surface area contributed by atoms with Crippen LogP contribution in [0.1, 0.15) is 39.5 Å². The molecule has 0 N–H and O–H groups in total. The molecule has 5 heteroatoms. The molecule has 2 heterocycles.